The van der Waals surface area contributed by atoms with Crippen LogP contribution in [0.25, 0.3) is 0 Å². The van der Waals surface area contributed by atoms with Crippen LogP contribution < -0.4 is 0 Å². The lowest BCUT2D eigenvalue weighted by Gasteiger charge is -2.03. The molecule has 1 aromatic rings. The summed E-state index contributed by atoms with van der Waals surface area (Å²) >= 11 is 0. The van der Waals surface area contributed by atoms with Crippen molar-refractivity contribution in [1.82, 2.24) is 0 Å². The van der Waals surface area contributed by atoms with E-state index >= 15 is 0 Å². The SMILES string of the molecule is COCc1ccc(CCO)c(F)c1. The molecule has 0 heterocycles. The maximum absolute atomic E-state index is 13.2. The van der Waals surface area contributed by atoms with Gasteiger partial charge < -0.3 is 9.84 Å². The van der Waals surface area contributed by atoms with E-state index in [4.69, 9.17) is 9.84 Å². The van der Waals surface area contributed by atoms with E-state index in [9.17, 15) is 4.39 Å². The molecular formula is C10H13FO2. The summed E-state index contributed by atoms with van der Waals surface area (Å²) in [5.41, 5.74) is 1.35. The summed E-state index contributed by atoms with van der Waals surface area (Å²) in [6.07, 6.45) is 0.360. The number of rotatable bonds is 4. The smallest absolute Gasteiger partial charge is 0.126 e. The molecule has 0 fully saturated rings. The highest BCUT2D eigenvalue weighted by atomic mass is 19.1. The number of benzene rings is 1. The van der Waals surface area contributed by atoms with Crippen LogP contribution in [0.5, 0.6) is 0 Å². The Morgan fingerprint density at radius 2 is 2.23 bits per heavy atom. The summed E-state index contributed by atoms with van der Waals surface area (Å²) in [4.78, 5) is 0. The lowest BCUT2D eigenvalue weighted by molar-refractivity contribution is 0.184. The van der Waals surface area contributed by atoms with Gasteiger partial charge in [-0.2, -0.15) is 0 Å². The van der Waals surface area contributed by atoms with Crippen molar-refractivity contribution >= 4 is 0 Å². The highest BCUT2D eigenvalue weighted by Crippen LogP contribution is 2.11. The maximum atomic E-state index is 13.2. The third kappa shape index (κ3) is 2.79. The summed E-state index contributed by atoms with van der Waals surface area (Å²) in [7, 11) is 1.57. The van der Waals surface area contributed by atoms with Crippen molar-refractivity contribution in [2.75, 3.05) is 13.7 Å². The van der Waals surface area contributed by atoms with Crippen molar-refractivity contribution in [3.05, 3.63) is 35.1 Å². The van der Waals surface area contributed by atoms with Crippen molar-refractivity contribution in [1.29, 1.82) is 0 Å². The average Bonchev–Trinajstić information content (AvgIpc) is 2.10. The Kier molecular flexibility index (Phi) is 3.86. The van der Waals surface area contributed by atoms with E-state index < -0.39 is 0 Å². The van der Waals surface area contributed by atoms with Crippen molar-refractivity contribution in [2.24, 2.45) is 0 Å². The number of methoxy groups -OCH3 is 1. The number of aliphatic hydroxyl groups is 1. The summed E-state index contributed by atoms with van der Waals surface area (Å²) < 4.78 is 18.1. The second-order valence-electron chi connectivity index (χ2n) is 2.83. The Morgan fingerprint density at radius 3 is 2.77 bits per heavy atom. The van der Waals surface area contributed by atoms with Gasteiger partial charge in [0.1, 0.15) is 5.82 Å². The highest BCUT2D eigenvalue weighted by Gasteiger charge is 2.02. The zero-order chi connectivity index (χ0) is 9.68. The Morgan fingerprint density at radius 1 is 1.46 bits per heavy atom. The Balaban J connectivity index is 2.79. The molecule has 0 aliphatic rings. The Labute approximate surface area is 77.0 Å². The van der Waals surface area contributed by atoms with Crippen LogP contribution in [0, 0.1) is 5.82 Å². The molecule has 0 saturated heterocycles. The molecule has 0 saturated carbocycles. The van der Waals surface area contributed by atoms with E-state index in [2.05, 4.69) is 0 Å². The first kappa shape index (κ1) is 10.2. The van der Waals surface area contributed by atoms with Gasteiger partial charge >= 0.3 is 0 Å². The zero-order valence-electron chi connectivity index (χ0n) is 7.59. The number of ether oxygens (including phenoxy) is 1. The minimum Gasteiger partial charge on any atom is -0.396 e. The molecule has 0 aromatic heterocycles. The highest BCUT2D eigenvalue weighted by molar-refractivity contribution is 5.24. The number of halogens is 1. The quantitative estimate of drug-likeness (QED) is 0.768. The molecule has 0 aliphatic carbocycles. The van der Waals surface area contributed by atoms with Crippen molar-refractivity contribution in [3.8, 4) is 0 Å². The average molecular weight is 184 g/mol. The fraction of sp³-hybridized carbons (Fsp3) is 0.400. The van der Waals surface area contributed by atoms with Gasteiger partial charge in [-0.05, 0) is 23.6 Å². The third-order valence-corrected chi connectivity index (χ3v) is 1.81. The van der Waals surface area contributed by atoms with E-state index in [1.54, 1.807) is 19.2 Å². The molecule has 1 rings (SSSR count). The predicted octanol–water partition coefficient (Wildman–Crippen LogP) is 1.51. The summed E-state index contributed by atoms with van der Waals surface area (Å²) in [6, 6.07) is 4.92. The van der Waals surface area contributed by atoms with Crippen molar-refractivity contribution in [2.45, 2.75) is 13.0 Å². The molecule has 13 heavy (non-hydrogen) atoms. The first-order valence-corrected chi connectivity index (χ1v) is 4.15. The molecule has 0 amide bonds. The molecular weight excluding hydrogens is 171 g/mol. The van der Waals surface area contributed by atoms with Gasteiger partial charge in [0.05, 0.1) is 6.61 Å². The van der Waals surface area contributed by atoms with E-state index in [1.807, 2.05) is 0 Å². The van der Waals surface area contributed by atoms with Crippen LogP contribution in [0.3, 0.4) is 0 Å². The van der Waals surface area contributed by atoms with Gasteiger partial charge in [-0.15, -0.1) is 0 Å². The van der Waals surface area contributed by atoms with Crippen LogP contribution in [0.4, 0.5) is 4.39 Å². The van der Waals surface area contributed by atoms with Gasteiger partial charge in [0.25, 0.3) is 0 Å². The molecule has 1 aromatic carbocycles. The molecule has 72 valence electrons. The molecule has 0 atom stereocenters. The predicted molar refractivity (Wildman–Crippen MR) is 47.9 cm³/mol. The zero-order valence-corrected chi connectivity index (χ0v) is 7.59. The molecule has 2 nitrogen and oxygen atoms in total. The van der Waals surface area contributed by atoms with Crippen LogP contribution in [-0.2, 0) is 17.8 Å². The number of aliphatic hydroxyl groups excluding tert-OH is 1. The summed E-state index contributed by atoms with van der Waals surface area (Å²) in [5, 5.41) is 8.63. The van der Waals surface area contributed by atoms with E-state index in [0.717, 1.165) is 5.56 Å². The molecule has 1 N–H and O–H groups in total. The van der Waals surface area contributed by atoms with E-state index in [-0.39, 0.29) is 12.4 Å². The Hall–Kier alpha value is -0.930. The second kappa shape index (κ2) is 4.94. The Bertz CT molecular complexity index is 274. The van der Waals surface area contributed by atoms with Gasteiger partial charge in [0, 0.05) is 13.7 Å². The summed E-state index contributed by atoms with van der Waals surface area (Å²) in [5.74, 6) is -0.274. The number of hydrogen-bond acceptors (Lipinski definition) is 2. The van der Waals surface area contributed by atoms with Gasteiger partial charge in [-0.25, -0.2) is 4.39 Å². The molecule has 0 unspecified atom stereocenters. The largest absolute Gasteiger partial charge is 0.396 e. The fourth-order valence-electron chi connectivity index (χ4n) is 1.17. The van der Waals surface area contributed by atoms with E-state index in [1.165, 1.54) is 6.07 Å². The van der Waals surface area contributed by atoms with Crippen LogP contribution >= 0.6 is 0 Å². The second-order valence-corrected chi connectivity index (χ2v) is 2.83. The minimum absolute atomic E-state index is 0.0272. The topological polar surface area (TPSA) is 29.5 Å². The van der Waals surface area contributed by atoms with Crippen LogP contribution in [-0.4, -0.2) is 18.8 Å². The first-order chi connectivity index (χ1) is 6.27. The van der Waals surface area contributed by atoms with Gasteiger partial charge in [-0.1, -0.05) is 12.1 Å². The molecule has 0 radical (unpaired) electrons. The first-order valence-electron chi connectivity index (χ1n) is 4.15. The summed E-state index contributed by atoms with van der Waals surface area (Å²) in [6.45, 7) is 0.386. The standard InChI is InChI=1S/C10H13FO2/c1-13-7-8-2-3-9(4-5-12)10(11)6-8/h2-3,6,12H,4-5,7H2,1H3. The van der Waals surface area contributed by atoms with Crippen LogP contribution in [0.2, 0.25) is 0 Å². The lowest BCUT2D eigenvalue weighted by atomic mass is 10.1. The maximum Gasteiger partial charge on any atom is 0.126 e. The normalized spacial score (nSPS) is 10.4. The lowest BCUT2D eigenvalue weighted by Crippen LogP contribution is -1.97. The monoisotopic (exact) mass is 184 g/mol. The fourth-order valence-corrected chi connectivity index (χ4v) is 1.17. The van der Waals surface area contributed by atoms with E-state index in [0.29, 0.717) is 18.6 Å². The minimum atomic E-state index is -0.274. The van der Waals surface area contributed by atoms with Crippen molar-refractivity contribution < 1.29 is 14.2 Å². The molecule has 0 bridgehead atoms. The third-order valence-electron chi connectivity index (χ3n) is 1.81. The number of hydrogen-bond donors (Lipinski definition) is 1. The van der Waals surface area contributed by atoms with Crippen LogP contribution in [0.15, 0.2) is 18.2 Å². The van der Waals surface area contributed by atoms with Gasteiger partial charge in [-0.3, -0.25) is 0 Å². The van der Waals surface area contributed by atoms with Crippen LogP contribution in [0.1, 0.15) is 11.1 Å². The van der Waals surface area contributed by atoms with Crippen molar-refractivity contribution in [3.63, 3.8) is 0 Å². The molecule has 3 heteroatoms. The molecule has 0 aliphatic heterocycles. The van der Waals surface area contributed by atoms with Gasteiger partial charge in [0.15, 0.2) is 0 Å². The van der Waals surface area contributed by atoms with Gasteiger partial charge in [0.2, 0.25) is 0 Å². The molecule has 0 spiro atoms.